The van der Waals surface area contributed by atoms with Crippen molar-refractivity contribution in [3.05, 3.63) is 41.7 Å². The highest BCUT2D eigenvalue weighted by Gasteiger charge is 2.16. The molecule has 0 unspecified atom stereocenters. The zero-order valence-corrected chi connectivity index (χ0v) is 13.3. The molecule has 0 radical (unpaired) electrons. The smallest absolute Gasteiger partial charge is 0.268 e. The van der Waals surface area contributed by atoms with Crippen LogP contribution in [0.2, 0.25) is 0 Å². The van der Waals surface area contributed by atoms with E-state index in [0.717, 1.165) is 4.88 Å². The van der Waals surface area contributed by atoms with E-state index in [1.54, 1.807) is 29.7 Å². The summed E-state index contributed by atoms with van der Waals surface area (Å²) in [6, 6.07) is 7.41. The van der Waals surface area contributed by atoms with E-state index in [4.69, 9.17) is 14.8 Å². The van der Waals surface area contributed by atoms with E-state index in [1.807, 2.05) is 17.5 Å². The van der Waals surface area contributed by atoms with Gasteiger partial charge in [-0.25, -0.2) is 4.68 Å². The third-order valence-corrected chi connectivity index (χ3v) is 4.73. The van der Waals surface area contributed by atoms with Gasteiger partial charge in [0.1, 0.15) is 0 Å². The van der Waals surface area contributed by atoms with Crippen molar-refractivity contribution in [3.8, 4) is 22.4 Å². The third kappa shape index (κ3) is 2.73. The Kier molecular flexibility index (Phi) is 3.60. The van der Waals surface area contributed by atoms with E-state index in [1.165, 1.54) is 16.4 Å². The van der Waals surface area contributed by atoms with Crippen molar-refractivity contribution in [2.24, 2.45) is 0 Å². The van der Waals surface area contributed by atoms with Crippen LogP contribution >= 0.6 is 23.1 Å². The van der Waals surface area contributed by atoms with Crippen LogP contribution < -0.4 is 5.84 Å². The highest BCUT2D eigenvalue weighted by molar-refractivity contribution is 7.98. The number of thioether (sulfide) groups is 1. The van der Waals surface area contributed by atoms with E-state index in [2.05, 4.69) is 20.3 Å². The Bertz CT molecular complexity index is 897. The zero-order valence-electron chi connectivity index (χ0n) is 11.6. The van der Waals surface area contributed by atoms with Crippen molar-refractivity contribution in [2.75, 3.05) is 5.84 Å². The van der Waals surface area contributed by atoms with Gasteiger partial charge in [-0.1, -0.05) is 23.0 Å². The molecule has 0 fully saturated rings. The van der Waals surface area contributed by atoms with Gasteiger partial charge in [-0.2, -0.15) is 4.98 Å². The second-order valence-corrected chi connectivity index (χ2v) is 6.33. The molecule has 0 saturated heterocycles. The molecular formula is C13H10N6O2S2. The number of hydrogen-bond acceptors (Lipinski definition) is 9. The number of furan rings is 1. The van der Waals surface area contributed by atoms with Gasteiger partial charge in [0.25, 0.3) is 5.89 Å². The SMILES string of the molecule is Nn1c(SCc2noc(-c3cccs3)n2)nnc1-c1ccco1. The predicted molar refractivity (Wildman–Crippen MR) is 85.0 cm³/mol. The molecule has 0 bridgehead atoms. The Balaban J connectivity index is 1.48. The molecule has 8 nitrogen and oxygen atoms in total. The van der Waals surface area contributed by atoms with Crippen LogP contribution in [0.3, 0.4) is 0 Å². The molecule has 0 atom stereocenters. The lowest BCUT2D eigenvalue weighted by atomic mass is 10.4. The fourth-order valence-electron chi connectivity index (χ4n) is 1.89. The molecule has 2 N–H and O–H groups in total. The average molecular weight is 346 g/mol. The van der Waals surface area contributed by atoms with E-state index in [-0.39, 0.29) is 0 Å². The van der Waals surface area contributed by atoms with Crippen molar-refractivity contribution in [3.63, 3.8) is 0 Å². The Morgan fingerprint density at radius 1 is 1.26 bits per heavy atom. The number of rotatable bonds is 5. The third-order valence-electron chi connectivity index (χ3n) is 2.94. The summed E-state index contributed by atoms with van der Waals surface area (Å²) in [5.41, 5.74) is 0. The van der Waals surface area contributed by atoms with E-state index < -0.39 is 0 Å². The number of nitrogens with two attached hydrogens (primary N) is 1. The molecule has 23 heavy (non-hydrogen) atoms. The Morgan fingerprint density at radius 3 is 3.00 bits per heavy atom. The molecule has 0 aliphatic heterocycles. The molecule has 0 amide bonds. The van der Waals surface area contributed by atoms with Gasteiger partial charge in [-0.05, 0) is 23.6 Å². The lowest BCUT2D eigenvalue weighted by molar-refractivity contribution is 0.426. The average Bonchev–Trinajstić information content (AvgIpc) is 3.33. The van der Waals surface area contributed by atoms with Crippen LogP contribution in [0, 0.1) is 0 Å². The van der Waals surface area contributed by atoms with Crippen LogP contribution in [0.15, 0.2) is 50.0 Å². The van der Waals surface area contributed by atoms with Gasteiger partial charge < -0.3 is 14.8 Å². The molecule has 0 aliphatic carbocycles. The number of thiophene rings is 1. The Labute approximate surface area is 138 Å². The maximum absolute atomic E-state index is 5.99. The molecular weight excluding hydrogens is 336 g/mol. The van der Waals surface area contributed by atoms with Crippen molar-refractivity contribution >= 4 is 23.1 Å². The van der Waals surface area contributed by atoms with Crippen LogP contribution in [0.4, 0.5) is 0 Å². The first-order valence-corrected chi connectivity index (χ1v) is 8.41. The highest BCUT2D eigenvalue weighted by Crippen LogP contribution is 2.26. The summed E-state index contributed by atoms with van der Waals surface area (Å²) < 4.78 is 11.9. The minimum atomic E-state index is 0.463. The minimum Gasteiger partial charge on any atom is -0.461 e. The summed E-state index contributed by atoms with van der Waals surface area (Å²) in [7, 11) is 0. The standard InChI is InChI=1S/C13H10N6O2S2/c14-19-11(8-3-1-5-20-8)16-17-13(19)23-7-10-15-12(21-18-10)9-4-2-6-22-9/h1-6H,7,14H2. The van der Waals surface area contributed by atoms with Crippen LogP contribution in [-0.2, 0) is 5.75 Å². The summed E-state index contributed by atoms with van der Waals surface area (Å²) in [5.74, 6) is 8.57. The quantitative estimate of drug-likeness (QED) is 0.434. The molecule has 4 aromatic rings. The summed E-state index contributed by atoms with van der Waals surface area (Å²) in [4.78, 5) is 5.29. The number of aromatic nitrogens is 5. The second kappa shape index (κ2) is 5.89. The molecule has 10 heteroatoms. The monoisotopic (exact) mass is 346 g/mol. The maximum atomic E-state index is 5.99. The number of nitrogen functional groups attached to an aromatic ring is 1. The predicted octanol–water partition coefficient (Wildman–Crippen LogP) is 2.66. The maximum Gasteiger partial charge on any atom is 0.268 e. The van der Waals surface area contributed by atoms with Crippen LogP contribution in [0.1, 0.15) is 5.82 Å². The lowest BCUT2D eigenvalue weighted by Gasteiger charge is -1.99. The Hall–Kier alpha value is -2.59. The molecule has 0 spiro atoms. The van der Waals surface area contributed by atoms with E-state index in [9.17, 15) is 0 Å². The first-order valence-electron chi connectivity index (χ1n) is 6.55. The second-order valence-electron chi connectivity index (χ2n) is 4.44. The molecule has 0 aliphatic rings. The topological polar surface area (TPSA) is 109 Å². The molecule has 0 aromatic carbocycles. The van der Waals surface area contributed by atoms with Gasteiger partial charge in [0.15, 0.2) is 11.6 Å². The molecule has 4 rings (SSSR count). The minimum absolute atomic E-state index is 0.463. The number of hydrogen-bond donors (Lipinski definition) is 1. The van der Waals surface area contributed by atoms with E-state index >= 15 is 0 Å². The lowest BCUT2D eigenvalue weighted by Crippen LogP contribution is -2.11. The van der Waals surface area contributed by atoms with Gasteiger partial charge >= 0.3 is 0 Å². The first-order chi connectivity index (χ1) is 11.3. The molecule has 4 heterocycles. The van der Waals surface area contributed by atoms with Crippen LogP contribution in [0.5, 0.6) is 0 Å². The van der Waals surface area contributed by atoms with E-state index in [0.29, 0.717) is 34.2 Å². The first kappa shape index (κ1) is 14.0. The normalized spacial score (nSPS) is 11.1. The molecule has 4 aromatic heterocycles. The highest BCUT2D eigenvalue weighted by atomic mass is 32.2. The fourth-order valence-corrected chi connectivity index (χ4v) is 3.24. The van der Waals surface area contributed by atoms with Gasteiger partial charge in [0, 0.05) is 0 Å². The summed E-state index contributed by atoms with van der Waals surface area (Å²) in [6.07, 6.45) is 1.56. The van der Waals surface area contributed by atoms with Crippen LogP contribution in [0.25, 0.3) is 22.4 Å². The van der Waals surface area contributed by atoms with Gasteiger partial charge in [-0.3, -0.25) is 0 Å². The summed E-state index contributed by atoms with van der Waals surface area (Å²) in [6.45, 7) is 0. The van der Waals surface area contributed by atoms with Crippen molar-refractivity contribution in [1.29, 1.82) is 0 Å². The van der Waals surface area contributed by atoms with Crippen molar-refractivity contribution in [2.45, 2.75) is 10.9 Å². The fraction of sp³-hybridized carbons (Fsp3) is 0.0769. The van der Waals surface area contributed by atoms with Crippen molar-refractivity contribution < 1.29 is 8.94 Å². The molecule has 116 valence electrons. The van der Waals surface area contributed by atoms with Gasteiger partial charge in [0.2, 0.25) is 11.0 Å². The summed E-state index contributed by atoms with van der Waals surface area (Å²) in [5, 5.41) is 14.5. The number of nitrogens with zero attached hydrogens (tertiary/aromatic N) is 5. The zero-order chi connectivity index (χ0) is 15.6. The summed E-state index contributed by atoms with van der Waals surface area (Å²) >= 11 is 2.92. The molecule has 0 saturated carbocycles. The largest absolute Gasteiger partial charge is 0.461 e. The van der Waals surface area contributed by atoms with Gasteiger partial charge in [0.05, 0.1) is 16.9 Å². The van der Waals surface area contributed by atoms with Gasteiger partial charge in [-0.15, -0.1) is 21.5 Å². The van der Waals surface area contributed by atoms with Crippen LogP contribution in [-0.4, -0.2) is 25.0 Å². The van der Waals surface area contributed by atoms with Crippen molar-refractivity contribution in [1.82, 2.24) is 25.0 Å². The Morgan fingerprint density at radius 2 is 2.22 bits per heavy atom.